The number of pyridine rings is 1. The summed E-state index contributed by atoms with van der Waals surface area (Å²) < 4.78 is 0. The zero-order valence-electron chi connectivity index (χ0n) is 9.53. The average Bonchev–Trinajstić information content (AvgIpc) is 2.74. The van der Waals surface area contributed by atoms with Crippen LogP contribution in [0.4, 0.5) is 5.69 Å². The number of hydrogen-bond acceptors (Lipinski definition) is 4. The summed E-state index contributed by atoms with van der Waals surface area (Å²) in [6.07, 6.45) is 6.65. The molecule has 0 saturated heterocycles. The molecule has 0 amide bonds. The Morgan fingerprint density at radius 2 is 2.19 bits per heavy atom. The molecule has 3 nitrogen and oxygen atoms in total. The van der Waals surface area contributed by atoms with E-state index in [0.29, 0.717) is 0 Å². The fourth-order valence-electron chi connectivity index (χ4n) is 1.43. The predicted octanol–water partition coefficient (Wildman–Crippen LogP) is 3.02. The molecule has 0 radical (unpaired) electrons. The van der Waals surface area contributed by atoms with Crippen molar-refractivity contribution in [2.45, 2.75) is 26.8 Å². The van der Waals surface area contributed by atoms with Crippen molar-refractivity contribution in [1.82, 2.24) is 9.97 Å². The molecular formula is C12H15N3S. The van der Waals surface area contributed by atoms with Gasteiger partial charge in [0.2, 0.25) is 0 Å². The van der Waals surface area contributed by atoms with E-state index in [1.807, 2.05) is 25.5 Å². The number of rotatable bonds is 4. The first-order valence-corrected chi connectivity index (χ1v) is 6.18. The zero-order chi connectivity index (χ0) is 11.4. The van der Waals surface area contributed by atoms with Gasteiger partial charge in [0.1, 0.15) is 0 Å². The van der Waals surface area contributed by atoms with Gasteiger partial charge in [-0.1, -0.05) is 6.92 Å². The topological polar surface area (TPSA) is 37.8 Å². The third kappa shape index (κ3) is 2.79. The van der Waals surface area contributed by atoms with Crippen LogP contribution in [0.1, 0.15) is 22.4 Å². The molecule has 0 aliphatic heterocycles. The highest BCUT2D eigenvalue weighted by Gasteiger charge is 2.00. The van der Waals surface area contributed by atoms with Crippen molar-refractivity contribution in [2.24, 2.45) is 0 Å². The molecule has 0 unspecified atom stereocenters. The largest absolute Gasteiger partial charge is 0.379 e. The fourth-order valence-corrected chi connectivity index (χ4v) is 2.24. The number of anilines is 1. The number of aromatic nitrogens is 2. The van der Waals surface area contributed by atoms with Gasteiger partial charge < -0.3 is 5.32 Å². The van der Waals surface area contributed by atoms with E-state index in [-0.39, 0.29) is 0 Å². The van der Waals surface area contributed by atoms with Crippen LogP contribution in [0, 0.1) is 6.92 Å². The Hall–Kier alpha value is -1.42. The maximum atomic E-state index is 4.33. The van der Waals surface area contributed by atoms with Gasteiger partial charge in [-0.2, -0.15) is 0 Å². The van der Waals surface area contributed by atoms with Crippen molar-refractivity contribution in [3.05, 3.63) is 40.1 Å². The van der Waals surface area contributed by atoms with Crippen LogP contribution in [0.2, 0.25) is 0 Å². The summed E-state index contributed by atoms with van der Waals surface area (Å²) in [6.45, 7) is 4.99. The second kappa shape index (κ2) is 5.07. The summed E-state index contributed by atoms with van der Waals surface area (Å²) in [6, 6.07) is 2.09. The molecule has 2 heterocycles. The molecule has 84 valence electrons. The molecule has 2 aromatic rings. The molecule has 0 aliphatic rings. The standard InChI is InChI=1S/C12H15N3S/c1-3-12-15-8-11(16-12)7-14-10-4-9(2)5-13-6-10/h4-6,8,14H,3,7H2,1-2H3. The third-order valence-corrected chi connectivity index (χ3v) is 3.39. The summed E-state index contributed by atoms with van der Waals surface area (Å²) in [5.74, 6) is 0. The number of thiazole rings is 1. The van der Waals surface area contributed by atoms with Gasteiger partial charge in [-0.15, -0.1) is 11.3 Å². The first kappa shape index (κ1) is 11.1. The van der Waals surface area contributed by atoms with Gasteiger partial charge in [-0.05, 0) is 25.0 Å². The van der Waals surface area contributed by atoms with E-state index in [9.17, 15) is 0 Å². The smallest absolute Gasteiger partial charge is 0.0925 e. The zero-order valence-corrected chi connectivity index (χ0v) is 10.3. The lowest BCUT2D eigenvalue weighted by Crippen LogP contribution is -1.97. The average molecular weight is 233 g/mol. The Balaban J connectivity index is 1.96. The number of aryl methyl sites for hydroxylation is 2. The van der Waals surface area contributed by atoms with Crippen molar-refractivity contribution < 1.29 is 0 Å². The van der Waals surface area contributed by atoms with Crippen molar-refractivity contribution >= 4 is 17.0 Å². The van der Waals surface area contributed by atoms with E-state index >= 15 is 0 Å². The monoisotopic (exact) mass is 233 g/mol. The highest BCUT2D eigenvalue weighted by Crippen LogP contribution is 2.15. The van der Waals surface area contributed by atoms with Crippen molar-refractivity contribution in [3.63, 3.8) is 0 Å². The summed E-state index contributed by atoms with van der Waals surface area (Å²) in [7, 11) is 0. The van der Waals surface area contributed by atoms with E-state index in [2.05, 4.69) is 28.3 Å². The number of hydrogen-bond donors (Lipinski definition) is 1. The lowest BCUT2D eigenvalue weighted by atomic mass is 10.3. The Morgan fingerprint density at radius 3 is 2.88 bits per heavy atom. The molecule has 0 aromatic carbocycles. The molecule has 2 aromatic heterocycles. The fraction of sp³-hybridized carbons (Fsp3) is 0.333. The van der Waals surface area contributed by atoms with Crippen LogP contribution < -0.4 is 5.32 Å². The summed E-state index contributed by atoms with van der Waals surface area (Å²) in [5.41, 5.74) is 2.23. The first-order chi connectivity index (χ1) is 7.78. The van der Waals surface area contributed by atoms with Gasteiger partial charge in [0.25, 0.3) is 0 Å². The lowest BCUT2D eigenvalue weighted by Gasteiger charge is -2.04. The Morgan fingerprint density at radius 1 is 1.31 bits per heavy atom. The van der Waals surface area contributed by atoms with Crippen LogP contribution in [-0.4, -0.2) is 9.97 Å². The number of nitrogens with zero attached hydrogens (tertiary/aromatic N) is 2. The second-order valence-corrected chi connectivity index (χ2v) is 4.88. The molecule has 16 heavy (non-hydrogen) atoms. The van der Waals surface area contributed by atoms with E-state index < -0.39 is 0 Å². The van der Waals surface area contributed by atoms with Crippen LogP contribution in [0.15, 0.2) is 24.7 Å². The van der Waals surface area contributed by atoms with Crippen LogP contribution in [0.3, 0.4) is 0 Å². The van der Waals surface area contributed by atoms with Crippen molar-refractivity contribution in [2.75, 3.05) is 5.32 Å². The van der Waals surface area contributed by atoms with Gasteiger partial charge in [-0.3, -0.25) is 4.98 Å². The van der Waals surface area contributed by atoms with Gasteiger partial charge in [-0.25, -0.2) is 4.98 Å². The molecule has 0 saturated carbocycles. The third-order valence-electron chi connectivity index (χ3n) is 2.25. The van der Waals surface area contributed by atoms with Gasteiger partial charge >= 0.3 is 0 Å². The van der Waals surface area contributed by atoms with Gasteiger partial charge in [0.05, 0.1) is 17.2 Å². The van der Waals surface area contributed by atoms with Crippen LogP contribution >= 0.6 is 11.3 Å². The van der Waals surface area contributed by atoms with E-state index in [0.717, 1.165) is 18.7 Å². The molecule has 2 rings (SSSR count). The first-order valence-electron chi connectivity index (χ1n) is 5.37. The quantitative estimate of drug-likeness (QED) is 0.882. The van der Waals surface area contributed by atoms with Crippen molar-refractivity contribution in [3.8, 4) is 0 Å². The molecule has 0 bridgehead atoms. The lowest BCUT2D eigenvalue weighted by molar-refractivity contribution is 1.09. The minimum absolute atomic E-state index is 0.822. The second-order valence-electron chi connectivity index (χ2n) is 3.68. The predicted molar refractivity (Wildman–Crippen MR) is 67.8 cm³/mol. The van der Waals surface area contributed by atoms with Crippen LogP contribution in [0.25, 0.3) is 0 Å². The summed E-state index contributed by atoms with van der Waals surface area (Å²) >= 11 is 1.76. The molecule has 0 aliphatic carbocycles. The molecule has 0 spiro atoms. The maximum absolute atomic E-state index is 4.33. The van der Waals surface area contributed by atoms with E-state index in [1.165, 1.54) is 15.4 Å². The normalized spacial score (nSPS) is 10.4. The van der Waals surface area contributed by atoms with Crippen molar-refractivity contribution in [1.29, 1.82) is 0 Å². The van der Waals surface area contributed by atoms with E-state index in [1.54, 1.807) is 11.3 Å². The SMILES string of the molecule is CCc1ncc(CNc2cncc(C)c2)s1. The van der Waals surface area contributed by atoms with E-state index in [4.69, 9.17) is 0 Å². The summed E-state index contributed by atoms with van der Waals surface area (Å²) in [5, 5.41) is 4.54. The molecule has 4 heteroatoms. The Kier molecular flexibility index (Phi) is 3.51. The van der Waals surface area contributed by atoms with Gasteiger partial charge in [0, 0.05) is 23.5 Å². The Labute approximate surface area is 99.6 Å². The minimum atomic E-state index is 0.822. The summed E-state index contributed by atoms with van der Waals surface area (Å²) in [4.78, 5) is 9.73. The highest BCUT2D eigenvalue weighted by molar-refractivity contribution is 7.11. The molecule has 0 fully saturated rings. The number of nitrogens with one attached hydrogen (secondary N) is 1. The molecular weight excluding hydrogens is 218 g/mol. The molecule has 1 N–H and O–H groups in total. The van der Waals surface area contributed by atoms with Crippen LogP contribution in [0.5, 0.6) is 0 Å². The Bertz CT molecular complexity index is 465. The van der Waals surface area contributed by atoms with Crippen LogP contribution in [-0.2, 0) is 13.0 Å². The highest BCUT2D eigenvalue weighted by atomic mass is 32.1. The molecule has 0 atom stereocenters. The maximum Gasteiger partial charge on any atom is 0.0925 e. The van der Waals surface area contributed by atoms with Gasteiger partial charge in [0.15, 0.2) is 0 Å². The minimum Gasteiger partial charge on any atom is -0.379 e.